The Kier molecular flexibility index (Phi) is 7.41. The molecule has 0 saturated carbocycles. The number of hydrogen-bond donors (Lipinski definition) is 1. The second-order valence-electron chi connectivity index (χ2n) is 5.64. The Morgan fingerprint density at radius 2 is 1.89 bits per heavy atom. The van der Waals surface area contributed by atoms with E-state index in [-0.39, 0.29) is 30.5 Å². The van der Waals surface area contributed by atoms with E-state index in [0.717, 1.165) is 0 Å². The lowest BCUT2D eigenvalue weighted by atomic mass is 10.3. The number of nitrogens with zero attached hydrogens (tertiary/aromatic N) is 1. The van der Waals surface area contributed by atoms with E-state index in [0.29, 0.717) is 16.5 Å². The van der Waals surface area contributed by atoms with Gasteiger partial charge in [-0.3, -0.25) is 4.79 Å². The molecule has 0 atom stereocenters. The SMILES string of the molecule is C=CCN(CCOc1ccccc1Cl)S(=O)(=O)c1ccc(NC(C)=O)cc1. The fourth-order valence-electron chi connectivity index (χ4n) is 2.34. The van der Waals surface area contributed by atoms with Crippen LogP contribution in [0.4, 0.5) is 5.69 Å². The molecule has 0 unspecified atom stereocenters. The minimum absolute atomic E-state index is 0.121. The minimum atomic E-state index is -3.74. The molecule has 0 radical (unpaired) electrons. The molecule has 0 aliphatic rings. The number of amides is 1. The van der Waals surface area contributed by atoms with Crippen LogP contribution in [0, 0.1) is 0 Å². The Bertz CT molecular complexity index is 898. The number of sulfonamides is 1. The van der Waals surface area contributed by atoms with E-state index in [1.165, 1.54) is 29.4 Å². The number of benzene rings is 2. The number of ether oxygens (including phenoxy) is 1. The lowest BCUT2D eigenvalue weighted by Crippen LogP contribution is -2.34. The maximum atomic E-state index is 12.9. The molecule has 0 bridgehead atoms. The normalized spacial score (nSPS) is 11.2. The summed E-state index contributed by atoms with van der Waals surface area (Å²) < 4.78 is 32.6. The number of para-hydroxylation sites is 1. The number of carbonyl (C=O) groups excluding carboxylic acids is 1. The Balaban J connectivity index is 2.10. The first-order valence-corrected chi connectivity index (χ1v) is 10.0. The summed E-state index contributed by atoms with van der Waals surface area (Å²) in [6.07, 6.45) is 1.51. The number of halogens is 1. The van der Waals surface area contributed by atoms with Crippen LogP contribution in [0.2, 0.25) is 5.02 Å². The Labute approximate surface area is 164 Å². The molecule has 0 fully saturated rings. The van der Waals surface area contributed by atoms with Crippen molar-refractivity contribution in [1.82, 2.24) is 4.31 Å². The van der Waals surface area contributed by atoms with Crippen molar-refractivity contribution in [2.75, 3.05) is 25.0 Å². The first-order chi connectivity index (χ1) is 12.8. The van der Waals surface area contributed by atoms with Crippen molar-refractivity contribution in [3.8, 4) is 5.75 Å². The largest absolute Gasteiger partial charge is 0.491 e. The molecule has 6 nitrogen and oxygen atoms in total. The zero-order chi connectivity index (χ0) is 19.9. The summed E-state index contributed by atoms with van der Waals surface area (Å²) in [5.41, 5.74) is 0.527. The van der Waals surface area contributed by atoms with Gasteiger partial charge >= 0.3 is 0 Å². The lowest BCUT2D eigenvalue weighted by Gasteiger charge is -2.21. The van der Waals surface area contributed by atoms with Crippen LogP contribution in [0.15, 0.2) is 66.1 Å². The predicted molar refractivity (Wildman–Crippen MR) is 107 cm³/mol. The highest BCUT2D eigenvalue weighted by molar-refractivity contribution is 7.89. The molecular weight excluding hydrogens is 388 g/mol. The molecule has 144 valence electrons. The fraction of sp³-hybridized carbons (Fsp3) is 0.211. The topological polar surface area (TPSA) is 75.7 Å². The zero-order valence-electron chi connectivity index (χ0n) is 14.9. The van der Waals surface area contributed by atoms with Crippen LogP contribution in [0.3, 0.4) is 0 Å². The quantitative estimate of drug-likeness (QED) is 0.644. The van der Waals surface area contributed by atoms with Gasteiger partial charge in [-0.05, 0) is 36.4 Å². The fourth-order valence-corrected chi connectivity index (χ4v) is 3.92. The first-order valence-electron chi connectivity index (χ1n) is 8.20. The molecule has 8 heteroatoms. The summed E-state index contributed by atoms with van der Waals surface area (Å²) in [6.45, 7) is 5.42. The molecule has 27 heavy (non-hydrogen) atoms. The number of nitrogens with one attached hydrogen (secondary N) is 1. The lowest BCUT2D eigenvalue weighted by molar-refractivity contribution is -0.114. The Morgan fingerprint density at radius 3 is 2.48 bits per heavy atom. The molecule has 1 amide bonds. The van der Waals surface area contributed by atoms with Gasteiger partial charge in [0.05, 0.1) is 9.92 Å². The van der Waals surface area contributed by atoms with Gasteiger partial charge in [-0.25, -0.2) is 8.42 Å². The van der Waals surface area contributed by atoms with Gasteiger partial charge in [0.2, 0.25) is 15.9 Å². The third-order valence-corrected chi connectivity index (χ3v) is 5.77. The third-order valence-electron chi connectivity index (χ3n) is 3.58. The molecule has 0 aliphatic carbocycles. The van der Waals surface area contributed by atoms with Gasteiger partial charge < -0.3 is 10.1 Å². The number of rotatable bonds is 9. The van der Waals surface area contributed by atoms with Gasteiger partial charge in [0.15, 0.2) is 0 Å². The number of anilines is 1. The summed E-state index contributed by atoms with van der Waals surface area (Å²) in [5, 5.41) is 3.06. The van der Waals surface area contributed by atoms with Gasteiger partial charge in [-0.15, -0.1) is 6.58 Å². The van der Waals surface area contributed by atoms with E-state index in [2.05, 4.69) is 11.9 Å². The monoisotopic (exact) mass is 408 g/mol. The Morgan fingerprint density at radius 1 is 1.22 bits per heavy atom. The maximum absolute atomic E-state index is 12.9. The summed E-state index contributed by atoms with van der Waals surface area (Å²) in [6, 6.07) is 13.0. The third kappa shape index (κ3) is 5.82. The summed E-state index contributed by atoms with van der Waals surface area (Å²) in [7, 11) is -3.74. The molecular formula is C19H21ClN2O4S. The van der Waals surface area contributed by atoms with Crippen molar-refractivity contribution in [1.29, 1.82) is 0 Å². The van der Waals surface area contributed by atoms with Crippen molar-refractivity contribution < 1.29 is 17.9 Å². The van der Waals surface area contributed by atoms with Crippen LogP contribution in [0.25, 0.3) is 0 Å². The van der Waals surface area contributed by atoms with Crippen molar-refractivity contribution in [2.24, 2.45) is 0 Å². The summed E-state index contributed by atoms with van der Waals surface area (Å²) in [4.78, 5) is 11.2. The molecule has 0 heterocycles. The van der Waals surface area contributed by atoms with Crippen LogP contribution in [-0.4, -0.2) is 38.3 Å². The first kappa shape index (κ1) is 21.0. The van der Waals surface area contributed by atoms with Gasteiger partial charge in [0.1, 0.15) is 12.4 Å². The minimum Gasteiger partial charge on any atom is -0.491 e. The standard InChI is InChI=1S/C19H21ClN2O4S/c1-3-12-22(13-14-26-19-7-5-4-6-18(19)20)27(24,25)17-10-8-16(9-11-17)21-15(2)23/h3-11H,1,12-14H2,2H3,(H,21,23). The molecule has 0 saturated heterocycles. The summed E-state index contributed by atoms with van der Waals surface area (Å²) in [5.74, 6) is 0.269. The average molecular weight is 409 g/mol. The van der Waals surface area contributed by atoms with E-state index >= 15 is 0 Å². The zero-order valence-corrected chi connectivity index (χ0v) is 16.5. The predicted octanol–water partition coefficient (Wildman–Crippen LogP) is 3.55. The van der Waals surface area contributed by atoms with Gasteiger partial charge in [-0.2, -0.15) is 4.31 Å². The molecule has 0 aliphatic heterocycles. The van der Waals surface area contributed by atoms with E-state index in [1.54, 1.807) is 36.4 Å². The average Bonchev–Trinajstić information content (AvgIpc) is 2.62. The van der Waals surface area contributed by atoms with Crippen LogP contribution in [0.1, 0.15) is 6.92 Å². The second kappa shape index (κ2) is 9.55. The number of carbonyl (C=O) groups is 1. The molecule has 2 rings (SSSR count). The van der Waals surface area contributed by atoms with Gasteiger partial charge in [0, 0.05) is 25.7 Å². The molecule has 2 aromatic carbocycles. The smallest absolute Gasteiger partial charge is 0.243 e. The van der Waals surface area contributed by atoms with Crippen molar-refractivity contribution >= 4 is 33.2 Å². The van der Waals surface area contributed by atoms with Crippen LogP contribution >= 0.6 is 11.6 Å². The van der Waals surface area contributed by atoms with Crippen LogP contribution in [0.5, 0.6) is 5.75 Å². The van der Waals surface area contributed by atoms with Gasteiger partial charge in [-0.1, -0.05) is 29.8 Å². The maximum Gasteiger partial charge on any atom is 0.243 e. The van der Waals surface area contributed by atoms with Crippen molar-refractivity contribution in [3.05, 3.63) is 66.2 Å². The van der Waals surface area contributed by atoms with Gasteiger partial charge in [0.25, 0.3) is 0 Å². The Hall–Kier alpha value is -2.35. The van der Waals surface area contributed by atoms with E-state index in [9.17, 15) is 13.2 Å². The highest BCUT2D eigenvalue weighted by atomic mass is 35.5. The molecule has 2 aromatic rings. The molecule has 1 N–H and O–H groups in total. The highest BCUT2D eigenvalue weighted by Crippen LogP contribution is 2.23. The van der Waals surface area contributed by atoms with E-state index in [4.69, 9.17) is 16.3 Å². The van der Waals surface area contributed by atoms with Crippen LogP contribution in [-0.2, 0) is 14.8 Å². The highest BCUT2D eigenvalue weighted by Gasteiger charge is 2.23. The van der Waals surface area contributed by atoms with Crippen LogP contribution < -0.4 is 10.1 Å². The van der Waals surface area contributed by atoms with Crippen molar-refractivity contribution in [3.63, 3.8) is 0 Å². The van der Waals surface area contributed by atoms with E-state index in [1.807, 2.05) is 0 Å². The molecule has 0 spiro atoms. The van der Waals surface area contributed by atoms with Crippen molar-refractivity contribution in [2.45, 2.75) is 11.8 Å². The van der Waals surface area contributed by atoms with E-state index < -0.39 is 10.0 Å². The molecule has 0 aromatic heterocycles. The summed E-state index contributed by atoms with van der Waals surface area (Å²) >= 11 is 6.03. The number of hydrogen-bond acceptors (Lipinski definition) is 4. The second-order valence-corrected chi connectivity index (χ2v) is 7.98.